The van der Waals surface area contributed by atoms with Gasteiger partial charge in [-0.3, -0.25) is 0 Å². The summed E-state index contributed by atoms with van der Waals surface area (Å²) in [5.41, 5.74) is 3.99. The maximum atomic E-state index is 3.90. The average molecular weight is 146 g/mol. The van der Waals surface area contributed by atoms with Gasteiger partial charge in [-0.05, 0) is 25.3 Å². The Morgan fingerprint density at radius 2 is 2.36 bits per heavy atom. The quantitative estimate of drug-likeness (QED) is 0.535. The summed E-state index contributed by atoms with van der Waals surface area (Å²) in [6, 6.07) is 0. The molecule has 0 saturated heterocycles. The molecule has 0 amide bonds. The van der Waals surface area contributed by atoms with Crippen LogP contribution in [0.2, 0.25) is 0 Å². The zero-order chi connectivity index (χ0) is 8.27. The van der Waals surface area contributed by atoms with Crippen LogP contribution in [0.1, 0.15) is 19.8 Å². The molecule has 0 aromatic rings. The molecule has 0 aromatic carbocycles. The molecule has 0 heterocycles. The molecular formula is C11H14. The monoisotopic (exact) mass is 146 g/mol. The fraction of sp³-hybridized carbons (Fsp3) is 0.273. The van der Waals surface area contributed by atoms with Gasteiger partial charge in [-0.25, -0.2) is 0 Å². The second-order valence-corrected chi connectivity index (χ2v) is 2.97. The maximum Gasteiger partial charge on any atom is -0.00585 e. The third-order valence-corrected chi connectivity index (χ3v) is 1.89. The highest BCUT2D eigenvalue weighted by molar-refractivity contribution is 5.41. The van der Waals surface area contributed by atoms with Crippen LogP contribution in [0.5, 0.6) is 0 Å². The van der Waals surface area contributed by atoms with Crippen molar-refractivity contribution in [3.63, 3.8) is 0 Å². The SMILES string of the molecule is C=CCC1=CC=C(C(=C)C)C1. The summed E-state index contributed by atoms with van der Waals surface area (Å²) in [6.07, 6.45) is 8.35. The topological polar surface area (TPSA) is 0 Å². The summed E-state index contributed by atoms with van der Waals surface area (Å²) in [6.45, 7) is 9.66. The third-order valence-electron chi connectivity index (χ3n) is 1.89. The van der Waals surface area contributed by atoms with E-state index in [2.05, 4.69) is 32.2 Å². The highest BCUT2D eigenvalue weighted by Crippen LogP contribution is 2.25. The van der Waals surface area contributed by atoms with Crippen LogP contribution in [0.3, 0.4) is 0 Å². The van der Waals surface area contributed by atoms with Gasteiger partial charge >= 0.3 is 0 Å². The van der Waals surface area contributed by atoms with Gasteiger partial charge in [0.2, 0.25) is 0 Å². The van der Waals surface area contributed by atoms with Gasteiger partial charge < -0.3 is 0 Å². The Labute approximate surface area is 68.6 Å². The first-order valence-electron chi connectivity index (χ1n) is 3.89. The first kappa shape index (κ1) is 8.06. The molecular weight excluding hydrogens is 132 g/mol. The first-order chi connectivity index (χ1) is 5.24. The van der Waals surface area contributed by atoms with Crippen LogP contribution in [0, 0.1) is 0 Å². The first-order valence-corrected chi connectivity index (χ1v) is 3.89. The third kappa shape index (κ3) is 1.94. The van der Waals surface area contributed by atoms with Crippen molar-refractivity contribution in [3.8, 4) is 0 Å². The molecule has 1 aliphatic rings. The number of rotatable bonds is 3. The van der Waals surface area contributed by atoms with Crippen LogP contribution in [-0.2, 0) is 0 Å². The van der Waals surface area contributed by atoms with E-state index in [0.29, 0.717) is 0 Å². The molecule has 0 bridgehead atoms. The van der Waals surface area contributed by atoms with Gasteiger partial charge in [0, 0.05) is 0 Å². The van der Waals surface area contributed by atoms with Gasteiger partial charge in [0.05, 0.1) is 0 Å². The van der Waals surface area contributed by atoms with Crippen molar-refractivity contribution in [2.75, 3.05) is 0 Å². The standard InChI is InChI=1S/C11H14/c1-4-5-10-6-7-11(8-10)9(2)3/h4,6-7H,1-2,5,8H2,3H3. The van der Waals surface area contributed by atoms with Crippen LogP contribution in [0.25, 0.3) is 0 Å². The second kappa shape index (κ2) is 3.38. The molecule has 0 radical (unpaired) electrons. The molecule has 0 fully saturated rings. The maximum absolute atomic E-state index is 3.90. The molecule has 11 heavy (non-hydrogen) atoms. The van der Waals surface area contributed by atoms with Gasteiger partial charge in [0.15, 0.2) is 0 Å². The molecule has 0 unspecified atom stereocenters. The minimum atomic E-state index is 1.01. The summed E-state index contributed by atoms with van der Waals surface area (Å²) in [4.78, 5) is 0. The Hall–Kier alpha value is -1.04. The molecule has 0 N–H and O–H groups in total. The molecule has 0 aromatic heterocycles. The summed E-state index contributed by atoms with van der Waals surface area (Å²) in [5, 5.41) is 0. The lowest BCUT2D eigenvalue weighted by molar-refractivity contribution is 1.09. The molecule has 0 atom stereocenters. The van der Waals surface area contributed by atoms with Crippen molar-refractivity contribution < 1.29 is 0 Å². The predicted molar refractivity (Wildman–Crippen MR) is 50.4 cm³/mol. The normalized spacial score (nSPS) is 15.7. The average Bonchev–Trinajstić information content (AvgIpc) is 2.37. The Balaban J connectivity index is 2.51. The van der Waals surface area contributed by atoms with Crippen LogP contribution in [-0.4, -0.2) is 0 Å². The largest absolute Gasteiger partial charge is 0.103 e. The highest BCUT2D eigenvalue weighted by Gasteiger charge is 2.06. The van der Waals surface area contributed by atoms with Crippen molar-refractivity contribution in [1.82, 2.24) is 0 Å². The van der Waals surface area contributed by atoms with Gasteiger partial charge in [-0.1, -0.05) is 36.0 Å². The molecule has 58 valence electrons. The van der Waals surface area contributed by atoms with E-state index < -0.39 is 0 Å². The van der Waals surface area contributed by atoms with Gasteiger partial charge in [-0.15, -0.1) is 6.58 Å². The highest BCUT2D eigenvalue weighted by atomic mass is 14.1. The van der Waals surface area contributed by atoms with E-state index in [4.69, 9.17) is 0 Å². The van der Waals surface area contributed by atoms with Gasteiger partial charge in [0.1, 0.15) is 0 Å². The van der Waals surface area contributed by atoms with E-state index in [0.717, 1.165) is 12.8 Å². The minimum absolute atomic E-state index is 1.01. The van der Waals surface area contributed by atoms with E-state index in [1.165, 1.54) is 16.7 Å². The van der Waals surface area contributed by atoms with Crippen LogP contribution >= 0.6 is 0 Å². The van der Waals surface area contributed by atoms with E-state index in [1.54, 1.807) is 0 Å². The smallest absolute Gasteiger partial charge is 0.00585 e. The lowest BCUT2D eigenvalue weighted by Gasteiger charge is -2.01. The fourth-order valence-electron chi connectivity index (χ4n) is 1.20. The van der Waals surface area contributed by atoms with E-state index >= 15 is 0 Å². The minimum Gasteiger partial charge on any atom is -0.103 e. The Morgan fingerprint density at radius 1 is 1.64 bits per heavy atom. The summed E-state index contributed by atoms with van der Waals surface area (Å²) < 4.78 is 0. The summed E-state index contributed by atoms with van der Waals surface area (Å²) >= 11 is 0. The molecule has 0 saturated carbocycles. The van der Waals surface area contributed by atoms with Crippen molar-refractivity contribution in [2.24, 2.45) is 0 Å². The van der Waals surface area contributed by atoms with E-state index in [-0.39, 0.29) is 0 Å². The molecule has 0 spiro atoms. The Bertz CT molecular complexity index is 239. The molecule has 0 aliphatic heterocycles. The van der Waals surface area contributed by atoms with Crippen molar-refractivity contribution in [1.29, 1.82) is 0 Å². The molecule has 0 nitrogen and oxygen atoms in total. The van der Waals surface area contributed by atoms with E-state index in [1.807, 2.05) is 6.08 Å². The molecule has 1 aliphatic carbocycles. The fourth-order valence-corrected chi connectivity index (χ4v) is 1.20. The number of allylic oxidation sites excluding steroid dienone is 6. The van der Waals surface area contributed by atoms with Crippen molar-refractivity contribution in [2.45, 2.75) is 19.8 Å². The van der Waals surface area contributed by atoms with Crippen LogP contribution in [0.15, 0.2) is 48.1 Å². The second-order valence-electron chi connectivity index (χ2n) is 2.97. The predicted octanol–water partition coefficient (Wildman–Crippen LogP) is 3.40. The zero-order valence-corrected chi connectivity index (χ0v) is 7.06. The number of hydrogen-bond acceptors (Lipinski definition) is 0. The number of hydrogen-bond donors (Lipinski definition) is 0. The Kier molecular flexibility index (Phi) is 2.48. The lowest BCUT2D eigenvalue weighted by Crippen LogP contribution is -1.81. The molecule has 0 heteroatoms. The van der Waals surface area contributed by atoms with Crippen LogP contribution < -0.4 is 0 Å². The van der Waals surface area contributed by atoms with Crippen LogP contribution in [0.4, 0.5) is 0 Å². The van der Waals surface area contributed by atoms with Gasteiger partial charge in [0.25, 0.3) is 0 Å². The van der Waals surface area contributed by atoms with Crippen molar-refractivity contribution in [3.05, 3.63) is 48.1 Å². The Morgan fingerprint density at radius 3 is 2.82 bits per heavy atom. The zero-order valence-electron chi connectivity index (χ0n) is 7.06. The van der Waals surface area contributed by atoms with Gasteiger partial charge in [-0.2, -0.15) is 0 Å². The lowest BCUT2D eigenvalue weighted by atomic mass is 10.0. The van der Waals surface area contributed by atoms with Crippen molar-refractivity contribution >= 4 is 0 Å². The summed E-state index contributed by atoms with van der Waals surface area (Å²) in [7, 11) is 0. The summed E-state index contributed by atoms with van der Waals surface area (Å²) in [5.74, 6) is 0. The van der Waals surface area contributed by atoms with E-state index in [9.17, 15) is 0 Å². The molecule has 1 rings (SSSR count).